The van der Waals surface area contributed by atoms with Gasteiger partial charge in [0.15, 0.2) is 27.1 Å². The predicted molar refractivity (Wildman–Crippen MR) is 113 cm³/mol. The molecule has 2 heterocycles. The number of rotatable bonds is 8. The van der Waals surface area contributed by atoms with Crippen molar-refractivity contribution in [2.75, 3.05) is 14.2 Å². The number of ether oxygens (including phenoxy) is 2. The van der Waals surface area contributed by atoms with Crippen molar-refractivity contribution in [1.29, 1.82) is 0 Å². The number of aromatic nitrogens is 2. The molecule has 4 rings (SSSR count). The molecule has 0 fully saturated rings. The molecule has 8 nitrogen and oxygen atoms in total. The lowest BCUT2D eigenvalue weighted by molar-refractivity contribution is 0.355. The van der Waals surface area contributed by atoms with Crippen molar-refractivity contribution in [2.45, 2.75) is 11.5 Å². The first kappa shape index (κ1) is 21.6. The zero-order chi connectivity index (χ0) is 22.7. The maximum atomic E-state index is 13.8. The molecule has 0 aliphatic rings. The van der Waals surface area contributed by atoms with E-state index in [1.54, 1.807) is 24.3 Å². The Morgan fingerprint density at radius 1 is 0.969 bits per heavy atom. The van der Waals surface area contributed by atoms with Crippen LogP contribution in [-0.4, -0.2) is 32.8 Å². The Balaban J connectivity index is 1.54. The van der Waals surface area contributed by atoms with Crippen LogP contribution in [0.25, 0.3) is 23.0 Å². The van der Waals surface area contributed by atoms with Gasteiger partial charge in [-0.25, -0.2) is 12.8 Å². The predicted octanol–water partition coefficient (Wildman–Crippen LogP) is 4.27. The molecule has 0 spiro atoms. The molecule has 32 heavy (non-hydrogen) atoms. The Kier molecular flexibility index (Phi) is 5.95. The van der Waals surface area contributed by atoms with Crippen LogP contribution in [0.5, 0.6) is 11.5 Å². The highest BCUT2D eigenvalue weighted by molar-refractivity contribution is 7.89. The summed E-state index contributed by atoms with van der Waals surface area (Å²) in [6.45, 7) is 0. The third-order valence-corrected chi connectivity index (χ3v) is 6.11. The fraction of sp³-hybridized carbons (Fsp3) is 0.182. The van der Waals surface area contributed by atoms with Crippen LogP contribution in [-0.2, 0) is 21.3 Å². The van der Waals surface area contributed by atoms with Gasteiger partial charge < -0.3 is 18.4 Å². The largest absolute Gasteiger partial charge is 0.493 e. The van der Waals surface area contributed by atoms with Gasteiger partial charge >= 0.3 is 0 Å². The molecule has 0 saturated carbocycles. The number of nitrogens with zero attached hydrogens (tertiary/aromatic N) is 2. The Hall–Kier alpha value is -3.66. The number of furan rings is 1. The number of hydrogen-bond acceptors (Lipinski definition) is 8. The Labute approximate surface area is 183 Å². The first-order valence-corrected chi connectivity index (χ1v) is 11.3. The maximum Gasteiger partial charge on any atom is 0.293 e. The van der Waals surface area contributed by atoms with Crippen LogP contribution in [0.3, 0.4) is 0 Å². The summed E-state index contributed by atoms with van der Waals surface area (Å²) in [6.07, 6.45) is 0. The molecule has 0 unspecified atom stereocenters. The van der Waals surface area contributed by atoms with E-state index in [1.807, 2.05) is 0 Å². The lowest BCUT2D eigenvalue weighted by Crippen LogP contribution is -2.08. The zero-order valence-corrected chi connectivity index (χ0v) is 18.1. The van der Waals surface area contributed by atoms with Crippen molar-refractivity contribution in [2.24, 2.45) is 0 Å². The summed E-state index contributed by atoms with van der Waals surface area (Å²) in [5, 5.41) is 3.95. The van der Waals surface area contributed by atoms with Crippen LogP contribution in [0.2, 0.25) is 0 Å². The Morgan fingerprint density at radius 3 is 2.53 bits per heavy atom. The molecule has 0 aliphatic heterocycles. The van der Waals surface area contributed by atoms with E-state index in [2.05, 4.69) is 10.1 Å². The van der Waals surface area contributed by atoms with Crippen molar-refractivity contribution in [3.63, 3.8) is 0 Å². The molecular formula is C22H19FN2O6S. The molecule has 0 atom stereocenters. The van der Waals surface area contributed by atoms with Crippen LogP contribution in [0, 0.1) is 5.82 Å². The van der Waals surface area contributed by atoms with Crippen molar-refractivity contribution < 1.29 is 31.2 Å². The second-order valence-electron chi connectivity index (χ2n) is 6.85. The molecule has 0 saturated heterocycles. The van der Waals surface area contributed by atoms with Gasteiger partial charge in [0, 0.05) is 5.56 Å². The van der Waals surface area contributed by atoms with Gasteiger partial charge in [-0.05, 0) is 30.3 Å². The smallest absolute Gasteiger partial charge is 0.293 e. The zero-order valence-electron chi connectivity index (χ0n) is 17.2. The van der Waals surface area contributed by atoms with Crippen molar-refractivity contribution in [1.82, 2.24) is 10.1 Å². The lowest BCUT2D eigenvalue weighted by atomic mass is 10.1. The summed E-state index contributed by atoms with van der Waals surface area (Å²) >= 11 is 0. The van der Waals surface area contributed by atoms with E-state index in [0.29, 0.717) is 17.1 Å². The minimum atomic E-state index is -3.66. The van der Waals surface area contributed by atoms with Crippen LogP contribution in [0.1, 0.15) is 11.3 Å². The molecule has 4 aromatic rings. The molecule has 2 aromatic heterocycles. The first-order valence-electron chi connectivity index (χ1n) is 9.48. The minimum Gasteiger partial charge on any atom is -0.493 e. The van der Waals surface area contributed by atoms with Gasteiger partial charge in [0.25, 0.3) is 5.89 Å². The number of hydrogen-bond donors (Lipinski definition) is 0. The van der Waals surface area contributed by atoms with Crippen LogP contribution >= 0.6 is 0 Å². The molecule has 10 heteroatoms. The Morgan fingerprint density at radius 2 is 1.78 bits per heavy atom. The molecule has 0 radical (unpaired) electrons. The summed E-state index contributed by atoms with van der Waals surface area (Å²) in [5.74, 6) is 0.267. The highest BCUT2D eigenvalue weighted by Gasteiger charge is 2.21. The highest BCUT2D eigenvalue weighted by Crippen LogP contribution is 2.37. The van der Waals surface area contributed by atoms with E-state index in [0.717, 1.165) is 0 Å². The van der Waals surface area contributed by atoms with Gasteiger partial charge in [-0.2, -0.15) is 4.98 Å². The van der Waals surface area contributed by atoms with Gasteiger partial charge in [0.05, 0.1) is 25.5 Å². The van der Waals surface area contributed by atoms with Gasteiger partial charge in [-0.1, -0.05) is 29.4 Å². The van der Waals surface area contributed by atoms with Crippen molar-refractivity contribution >= 4 is 9.84 Å². The monoisotopic (exact) mass is 458 g/mol. The van der Waals surface area contributed by atoms with E-state index in [-0.39, 0.29) is 28.8 Å². The van der Waals surface area contributed by atoms with E-state index in [4.69, 9.17) is 18.4 Å². The Bertz CT molecular complexity index is 1350. The number of sulfone groups is 1. The molecule has 0 amide bonds. The number of benzene rings is 2. The molecule has 2 aromatic carbocycles. The van der Waals surface area contributed by atoms with Crippen LogP contribution in [0.15, 0.2) is 63.5 Å². The van der Waals surface area contributed by atoms with E-state index < -0.39 is 27.2 Å². The fourth-order valence-electron chi connectivity index (χ4n) is 3.19. The number of para-hydroxylation sites is 1. The van der Waals surface area contributed by atoms with E-state index in [1.165, 1.54) is 44.6 Å². The molecule has 0 N–H and O–H groups in total. The van der Waals surface area contributed by atoms with E-state index in [9.17, 15) is 12.8 Å². The number of methoxy groups -OCH3 is 2. The average molecular weight is 458 g/mol. The number of halogens is 1. The summed E-state index contributed by atoms with van der Waals surface area (Å²) in [4.78, 5) is 4.32. The van der Waals surface area contributed by atoms with Crippen molar-refractivity contribution in [3.05, 3.63) is 71.7 Å². The van der Waals surface area contributed by atoms with Gasteiger partial charge in [-0.3, -0.25) is 0 Å². The lowest BCUT2D eigenvalue weighted by Gasteiger charge is -2.09. The van der Waals surface area contributed by atoms with E-state index >= 15 is 0 Å². The van der Waals surface area contributed by atoms with Crippen molar-refractivity contribution in [3.8, 4) is 34.5 Å². The van der Waals surface area contributed by atoms with Crippen LogP contribution in [0.4, 0.5) is 4.39 Å². The first-order chi connectivity index (χ1) is 15.4. The molecule has 166 valence electrons. The minimum absolute atomic E-state index is 0.0719. The molecular weight excluding hydrogens is 439 g/mol. The summed E-state index contributed by atoms with van der Waals surface area (Å²) in [7, 11) is -0.640. The van der Waals surface area contributed by atoms with Gasteiger partial charge in [-0.15, -0.1) is 0 Å². The second-order valence-corrected chi connectivity index (χ2v) is 8.92. The van der Waals surface area contributed by atoms with Gasteiger partial charge in [0.2, 0.25) is 5.82 Å². The summed E-state index contributed by atoms with van der Waals surface area (Å²) < 4.78 is 60.3. The topological polar surface area (TPSA) is 105 Å². The normalized spacial score (nSPS) is 11.5. The van der Waals surface area contributed by atoms with Gasteiger partial charge in [0.1, 0.15) is 17.3 Å². The highest BCUT2D eigenvalue weighted by atomic mass is 32.2. The quantitative estimate of drug-likeness (QED) is 0.386. The molecule has 0 aliphatic carbocycles. The maximum absolute atomic E-state index is 13.8. The summed E-state index contributed by atoms with van der Waals surface area (Å²) in [5.41, 5.74) is 0.661. The average Bonchev–Trinajstić information content (AvgIpc) is 3.44. The SMILES string of the molecule is COc1cccc(-c2noc(-c3ccc(CS(=O)(=O)Cc4ccccc4F)o3)n2)c1OC. The second kappa shape index (κ2) is 8.83. The molecule has 0 bridgehead atoms. The fourth-order valence-corrected chi connectivity index (χ4v) is 4.59. The third-order valence-electron chi connectivity index (χ3n) is 4.64. The standard InChI is InChI=1S/C22H19FN2O6S/c1-28-18-9-5-7-16(20(18)29-2)21-24-22(31-25-21)19-11-10-15(30-19)13-32(26,27)12-14-6-3-4-8-17(14)23/h3-11H,12-13H2,1-2H3. The summed E-state index contributed by atoms with van der Waals surface area (Å²) in [6, 6.07) is 14.0. The van der Waals surface area contributed by atoms with Crippen LogP contribution < -0.4 is 9.47 Å². The third kappa shape index (κ3) is 4.50.